The fourth-order valence-electron chi connectivity index (χ4n) is 3.72. The van der Waals surface area contributed by atoms with Crippen LogP contribution >= 0.6 is 11.6 Å². The normalized spacial score (nSPS) is 14.1. The summed E-state index contributed by atoms with van der Waals surface area (Å²) in [5.74, 6) is -0.257. The predicted molar refractivity (Wildman–Crippen MR) is 126 cm³/mol. The first-order valence-corrected chi connectivity index (χ1v) is 11.6. The molecule has 0 radical (unpaired) electrons. The number of alkyl halides is 1. The smallest absolute Gasteiger partial charge is 0.321 e. The first-order chi connectivity index (χ1) is 14.5. The maximum Gasteiger partial charge on any atom is 0.321 e. The van der Waals surface area contributed by atoms with E-state index < -0.39 is 11.3 Å². The number of carboxylic acids is 1. The molecular formula is C26H35ClO3. The van der Waals surface area contributed by atoms with Gasteiger partial charge in [0.25, 0.3) is 0 Å². The third kappa shape index (κ3) is 7.05. The van der Waals surface area contributed by atoms with Crippen LogP contribution in [0.5, 0.6) is 5.75 Å². The number of hydrogen-bond donors (Lipinski definition) is 1. The van der Waals surface area contributed by atoms with Crippen LogP contribution in [0.15, 0.2) is 48.5 Å². The van der Waals surface area contributed by atoms with E-state index in [1.807, 2.05) is 38.1 Å². The van der Waals surface area contributed by atoms with E-state index in [0.717, 1.165) is 35.5 Å². The average molecular weight is 431 g/mol. The third-order valence-corrected chi connectivity index (χ3v) is 6.45. The molecule has 0 saturated heterocycles. The number of aliphatic carboxylic acids is 1. The lowest BCUT2D eigenvalue weighted by Crippen LogP contribution is -2.26. The summed E-state index contributed by atoms with van der Waals surface area (Å²) in [7, 11) is 0. The number of carbonyl (C=O) groups is 1. The maximum absolute atomic E-state index is 11.3. The summed E-state index contributed by atoms with van der Waals surface area (Å²) in [5, 5.41) is 8.35. The quantitative estimate of drug-likeness (QED) is 0.264. The highest BCUT2D eigenvalue weighted by Gasteiger charge is 2.28. The first-order valence-electron chi connectivity index (χ1n) is 11.1. The molecule has 30 heavy (non-hydrogen) atoms. The summed E-state index contributed by atoms with van der Waals surface area (Å²) in [6, 6.07) is 16.3. The van der Waals surface area contributed by atoms with Gasteiger partial charge in [0.05, 0.1) is 6.61 Å². The Labute approximate surface area is 186 Å². The molecule has 0 spiro atoms. The van der Waals surface area contributed by atoms with Gasteiger partial charge in [0, 0.05) is 0 Å². The van der Waals surface area contributed by atoms with Crippen LogP contribution in [0, 0.1) is 5.92 Å². The van der Waals surface area contributed by atoms with E-state index in [2.05, 4.69) is 31.2 Å². The molecule has 3 nitrogen and oxygen atoms in total. The van der Waals surface area contributed by atoms with Gasteiger partial charge in [-0.15, -0.1) is 11.6 Å². The maximum atomic E-state index is 11.3. The zero-order valence-electron chi connectivity index (χ0n) is 18.4. The molecule has 0 fully saturated rings. The lowest BCUT2D eigenvalue weighted by atomic mass is 9.82. The fraction of sp³-hybridized carbons (Fsp3) is 0.500. The molecule has 0 saturated carbocycles. The van der Waals surface area contributed by atoms with E-state index in [1.54, 1.807) is 0 Å². The molecular weight excluding hydrogens is 396 g/mol. The van der Waals surface area contributed by atoms with E-state index >= 15 is 0 Å². The molecule has 0 aliphatic rings. The minimum Gasteiger partial charge on any atom is -0.494 e. The average Bonchev–Trinajstić information content (AvgIpc) is 2.77. The first kappa shape index (κ1) is 24.3. The monoisotopic (exact) mass is 430 g/mol. The van der Waals surface area contributed by atoms with Crippen LogP contribution in [0.3, 0.4) is 0 Å². The van der Waals surface area contributed by atoms with Crippen molar-refractivity contribution in [2.75, 3.05) is 6.61 Å². The second kappa shape index (κ2) is 12.6. The predicted octanol–water partition coefficient (Wildman–Crippen LogP) is 7.52. The summed E-state index contributed by atoms with van der Waals surface area (Å²) >= 11 is 6.11. The number of unbranched alkanes of at least 4 members (excludes halogenated alkanes) is 5. The number of carboxylic acid groups (broad SMARTS) is 1. The van der Waals surface area contributed by atoms with E-state index in [1.165, 1.54) is 32.1 Å². The van der Waals surface area contributed by atoms with Gasteiger partial charge in [-0.25, -0.2) is 0 Å². The molecule has 1 unspecified atom stereocenters. The lowest BCUT2D eigenvalue weighted by molar-refractivity contribution is -0.137. The SMILES string of the molecule is CCCCCCCCOc1ccc(-c2ccccc2C(C)[C@H](C)[C@H](Cl)C(=O)O)cc1. The Bertz CT molecular complexity index is 772. The number of rotatable bonds is 13. The molecule has 0 aromatic heterocycles. The second-order valence-corrected chi connectivity index (χ2v) is 8.59. The Morgan fingerprint density at radius 3 is 2.27 bits per heavy atom. The molecule has 2 rings (SSSR count). The van der Waals surface area contributed by atoms with Crippen molar-refractivity contribution in [1.29, 1.82) is 0 Å². The molecule has 164 valence electrons. The highest BCUT2D eigenvalue weighted by atomic mass is 35.5. The van der Waals surface area contributed by atoms with Gasteiger partial charge in [0.1, 0.15) is 11.1 Å². The van der Waals surface area contributed by atoms with E-state index in [9.17, 15) is 9.90 Å². The molecule has 0 amide bonds. The van der Waals surface area contributed by atoms with E-state index in [4.69, 9.17) is 16.3 Å². The molecule has 3 atom stereocenters. The zero-order valence-corrected chi connectivity index (χ0v) is 19.2. The number of halogens is 1. The van der Waals surface area contributed by atoms with Crippen LogP contribution in [0.4, 0.5) is 0 Å². The minimum absolute atomic E-state index is 0.0171. The molecule has 0 aliphatic carbocycles. The summed E-state index contributed by atoms with van der Waals surface area (Å²) < 4.78 is 5.89. The van der Waals surface area contributed by atoms with Crippen molar-refractivity contribution in [2.45, 2.75) is 70.6 Å². The van der Waals surface area contributed by atoms with Crippen molar-refractivity contribution >= 4 is 17.6 Å². The van der Waals surface area contributed by atoms with Crippen molar-refractivity contribution in [3.63, 3.8) is 0 Å². The Morgan fingerprint density at radius 1 is 0.967 bits per heavy atom. The molecule has 2 aromatic rings. The van der Waals surface area contributed by atoms with Gasteiger partial charge in [-0.05, 0) is 47.1 Å². The topological polar surface area (TPSA) is 46.5 Å². The Morgan fingerprint density at radius 2 is 1.60 bits per heavy atom. The highest BCUT2D eigenvalue weighted by molar-refractivity contribution is 6.29. The van der Waals surface area contributed by atoms with Crippen molar-refractivity contribution < 1.29 is 14.6 Å². The Kier molecular flexibility index (Phi) is 10.2. The summed E-state index contributed by atoms with van der Waals surface area (Å²) in [6.45, 7) is 6.92. The standard InChI is InChI=1S/C26H35ClO3/c1-4-5-6-7-8-11-18-30-22-16-14-21(15-17-22)24-13-10-9-12-23(24)19(2)20(3)25(27)26(28)29/h9-10,12-17,19-20,25H,4-8,11,18H2,1-3H3,(H,28,29)/t19?,20-,25-/m0/s1. The van der Waals surface area contributed by atoms with Crippen LogP contribution in [0.25, 0.3) is 11.1 Å². The fourth-order valence-corrected chi connectivity index (χ4v) is 3.94. The van der Waals surface area contributed by atoms with Gasteiger partial charge in [0.15, 0.2) is 0 Å². The summed E-state index contributed by atoms with van der Waals surface area (Å²) in [6.07, 6.45) is 7.51. The van der Waals surface area contributed by atoms with Crippen molar-refractivity contribution in [2.24, 2.45) is 5.92 Å². The van der Waals surface area contributed by atoms with Crippen molar-refractivity contribution in [1.82, 2.24) is 0 Å². The summed E-state index contributed by atoms with van der Waals surface area (Å²) in [5.41, 5.74) is 3.31. The van der Waals surface area contributed by atoms with Crippen LogP contribution < -0.4 is 4.74 Å². The molecule has 0 heterocycles. The Balaban J connectivity index is 2.00. The largest absolute Gasteiger partial charge is 0.494 e. The lowest BCUT2D eigenvalue weighted by Gasteiger charge is -2.24. The van der Waals surface area contributed by atoms with Gasteiger partial charge >= 0.3 is 5.97 Å². The van der Waals surface area contributed by atoms with Crippen molar-refractivity contribution in [3.05, 3.63) is 54.1 Å². The third-order valence-electron chi connectivity index (χ3n) is 5.87. The Hall–Kier alpha value is -2.00. The summed E-state index contributed by atoms with van der Waals surface area (Å²) in [4.78, 5) is 11.3. The minimum atomic E-state index is -0.972. The highest BCUT2D eigenvalue weighted by Crippen LogP contribution is 2.36. The second-order valence-electron chi connectivity index (χ2n) is 8.12. The molecule has 4 heteroatoms. The van der Waals surface area contributed by atoms with Crippen LogP contribution in [0.2, 0.25) is 0 Å². The van der Waals surface area contributed by atoms with Crippen LogP contribution in [-0.4, -0.2) is 23.1 Å². The van der Waals surface area contributed by atoms with Crippen molar-refractivity contribution in [3.8, 4) is 16.9 Å². The van der Waals surface area contributed by atoms with Gasteiger partial charge in [-0.2, -0.15) is 0 Å². The van der Waals surface area contributed by atoms with E-state index in [0.29, 0.717) is 0 Å². The zero-order chi connectivity index (χ0) is 21.9. The molecule has 0 bridgehead atoms. The van der Waals surface area contributed by atoms with E-state index in [-0.39, 0.29) is 11.8 Å². The van der Waals surface area contributed by atoms with Gasteiger partial charge in [0.2, 0.25) is 0 Å². The molecule has 0 aliphatic heterocycles. The van der Waals surface area contributed by atoms with Crippen LogP contribution in [-0.2, 0) is 4.79 Å². The van der Waals surface area contributed by atoms with Crippen LogP contribution in [0.1, 0.15) is 70.8 Å². The number of benzene rings is 2. The molecule has 2 aromatic carbocycles. The molecule has 1 N–H and O–H groups in total. The van der Waals surface area contributed by atoms with Gasteiger partial charge in [-0.3, -0.25) is 4.79 Å². The number of hydrogen-bond acceptors (Lipinski definition) is 2. The van der Waals surface area contributed by atoms with Gasteiger partial charge in [-0.1, -0.05) is 89.3 Å². The number of ether oxygens (including phenoxy) is 1. The van der Waals surface area contributed by atoms with Gasteiger partial charge < -0.3 is 9.84 Å².